The van der Waals surface area contributed by atoms with E-state index in [1.165, 1.54) is 6.42 Å². The van der Waals surface area contributed by atoms with Crippen LogP contribution in [-0.2, 0) is 0 Å². The summed E-state index contributed by atoms with van der Waals surface area (Å²) in [5.74, 6) is 1.08. The van der Waals surface area contributed by atoms with Gasteiger partial charge in [0.1, 0.15) is 0 Å². The summed E-state index contributed by atoms with van der Waals surface area (Å²) in [6.07, 6.45) is 4.30. The molecule has 110 valence electrons. The fourth-order valence-electron chi connectivity index (χ4n) is 3.08. The van der Waals surface area contributed by atoms with Crippen LogP contribution in [0.1, 0.15) is 48.5 Å². The van der Waals surface area contributed by atoms with Crippen molar-refractivity contribution in [3.05, 3.63) is 33.8 Å². The van der Waals surface area contributed by atoms with Crippen molar-refractivity contribution in [1.82, 2.24) is 5.32 Å². The molecule has 1 aliphatic carbocycles. The monoisotopic (exact) mass is 357 g/mol. The third kappa shape index (κ3) is 3.56. The van der Waals surface area contributed by atoms with Gasteiger partial charge in [-0.2, -0.15) is 0 Å². The molecule has 0 aliphatic heterocycles. The van der Waals surface area contributed by atoms with Gasteiger partial charge in [0, 0.05) is 15.9 Å². The molecule has 0 radical (unpaired) electrons. The second kappa shape index (κ2) is 6.48. The topological polar surface area (TPSA) is 29.1 Å². The number of nitrogens with one attached hydrogen (secondary N) is 1. The van der Waals surface area contributed by atoms with Gasteiger partial charge in [-0.25, -0.2) is 0 Å². The molecule has 0 spiro atoms. The highest BCUT2D eigenvalue weighted by Gasteiger charge is 2.35. The van der Waals surface area contributed by atoms with Crippen LogP contribution in [0, 0.1) is 12.8 Å². The number of rotatable bonds is 3. The van der Waals surface area contributed by atoms with Crippen molar-refractivity contribution in [2.24, 2.45) is 5.92 Å². The van der Waals surface area contributed by atoms with E-state index in [0.29, 0.717) is 11.8 Å². The number of alkyl halides is 1. The molecule has 2 nitrogen and oxygen atoms in total. The lowest BCUT2D eigenvalue weighted by atomic mass is 9.77. The van der Waals surface area contributed by atoms with Crippen LogP contribution in [0.2, 0.25) is 0 Å². The lowest BCUT2D eigenvalue weighted by Gasteiger charge is -2.39. The first kappa shape index (κ1) is 15.8. The van der Waals surface area contributed by atoms with E-state index in [4.69, 9.17) is 11.6 Å². The van der Waals surface area contributed by atoms with Gasteiger partial charge < -0.3 is 5.32 Å². The third-order valence-electron chi connectivity index (χ3n) is 4.17. The first-order valence-corrected chi connectivity index (χ1v) is 8.43. The molecule has 2 unspecified atom stereocenters. The SMILES string of the molecule is Cc1ccc(Br)cc1C(=O)NC1(CCl)CCCC(C)C1. The van der Waals surface area contributed by atoms with Gasteiger partial charge in [0.2, 0.25) is 0 Å². The fourth-order valence-corrected chi connectivity index (χ4v) is 3.75. The number of amides is 1. The maximum absolute atomic E-state index is 12.6. The molecule has 0 bridgehead atoms. The molecule has 20 heavy (non-hydrogen) atoms. The Kier molecular flexibility index (Phi) is 5.14. The number of aryl methyl sites for hydroxylation is 1. The van der Waals surface area contributed by atoms with Crippen molar-refractivity contribution >= 4 is 33.4 Å². The minimum absolute atomic E-state index is 0.0152. The summed E-state index contributed by atoms with van der Waals surface area (Å²) in [4.78, 5) is 12.6. The van der Waals surface area contributed by atoms with Gasteiger partial charge >= 0.3 is 0 Å². The van der Waals surface area contributed by atoms with E-state index in [1.54, 1.807) is 0 Å². The Morgan fingerprint density at radius 1 is 1.55 bits per heavy atom. The number of hydrogen-bond donors (Lipinski definition) is 1. The molecule has 1 amide bonds. The third-order valence-corrected chi connectivity index (χ3v) is 5.18. The molecular weight excluding hydrogens is 338 g/mol. The summed E-state index contributed by atoms with van der Waals surface area (Å²) in [5.41, 5.74) is 1.46. The number of hydrogen-bond acceptors (Lipinski definition) is 1. The quantitative estimate of drug-likeness (QED) is 0.781. The Hall–Kier alpha value is -0.540. The maximum Gasteiger partial charge on any atom is 0.252 e. The molecule has 1 N–H and O–H groups in total. The highest BCUT2D eigenvalue weighted by atomic mass is 79.9. The predicted molar refractivity (Wildman–Crippen MR) is 87.4 cm³/mol. The van der Waals surface area contributed by atoms with E-state index in [1.807, 2.05) is 25.1 Å². The van der Waals surface area contributed by atoms with Crippen LogP contribution in [0.3, 0.4) is 0 Å². The van der Waals surface area contributed by atoms with Crippen LogP contribution >= 0.6 is 27.5 Å². The fraction of sp³-hybridized carbons (Fsp3) is 0.562. The first-order chi connectivity index (χ1) is 9.46. The average molecular weight is 359 g/mol. The first-order valence-electron chi connectivity index (χ1n) is 7.10. The van der Waals surface area contributed by atoms with Crippen LogP contribution in [0.5, 0.6) is 0 Å². The molecule has 4 heteroatoms. The van der Waals surface area contributed by atoms with Gasteiger partial charge in [-0.3, -0.25) is 4.79 Å². The minimum atomic E-state index is -0.245. The lowest BCUT2D eigenvalue weighted by Crippen LogP contribution is -2.52. The van der Waals surface area contributed by atoms with Crippen LogP contribution in [0.15, 0.2) is 22.7 Å². The normalized spacial score (nSPS) is 26.3. The van der Waals surface area contributed by atoms with E-state index in [2.05, 4.69) is 28.2 Å². The molecular formula is C16H21BrClNO. The van der Waals surface area contributed by atoms with Crippen LogP contribution in [0.4, 0.5) is 0 Å². The summed E-state index contributed by atoms with van der Waals surface area (Å²) in [5, 5.41) is 3.21. The predicted octanol–water partition coefficient (Wildman–Crippen LogP) is 4.68. The minimum Gasteiger partial charge on any atom is -0.345 e. The van der Waals surface area contributed by atoms with Crippen molar-refractivity contribution in [3.8, 4) is 0 Å². The van der Waals surface area contributed by atoms with Crippen molar-refractivity contribution in [1.29, 1.82) is 0 Å². The number of halogens is 2. The zero-order chi connectivity index (χ0) is 14.8. The molecule has 1 saturated carbocycles. The van der Waals surface area contributed by atoms with Gasteiger partial charge in [0.25, 0.3) is 5.91 Å². The van der Waals surface area contributed by atoms with E-state index in [-0.39, 0.29) is 11.4 Å². The molecule has 1 aromatic rings. The largest absolute Gasteiger partial charge is 0.345 e. The zero-order valence-electron chi connectivity index (χ0n) is 12.0. The summed E-state index contributed by atoms with van der Waals surface area (Å²) in [6.45, 7) is 4.19. The second-order valence-corrected chi connectivity index (χ2v) is 7.21. The van der Waals surface area contributed by atoms with Gasteiger partial charge in [-0.1, -0.05) is 41.8 Å². The summed E-state index contributed by atoms with van der Waals surface area (Å²) >= 11 is 9.60. The van der Waals surface area contributed by atoms with E-state index >= 15 is 0 Å². The Bertz CT molecular complexity index is 505. The van der Waals surface area contributed by atoms with Crippen LogP contribution < -0.4 is 5.32 Å². The van der Waals surface area contributed by atoms with Gasteiger partial charge in [0.05, 0.1) is 5.54 Å². The van der Waals surface area contributed by atoms with Crippen LogP contribution in [0.25, 0.3) is 0 Å². The lowest BCUT2D eigenvalue weighted by molar-refractivity contribution is 0.0866. The number of carbonyl (C=O) groups is 1. The maximum atomic E-state index is 12.6. The van der Waals surface area contributed by atoms with Gasteiger partial charge in [0.15, 0.2) is 0 Å². The number of carbonyl (C=O) groups excluding carboxylic acids is 1. The number of benzene rings is 1. The zero-order valence-corrected chi connectivity index (χ0v) is 14.4. The molecule has 0 aromatic heterocycles. The summed E-state index contributed by atoms with van der Waals surface area (Å²) < 4.78 is 0.921. The molecule has 1 aliphatic rings. The molecule has 2 atom stereocenters. The van der Waals surface area contributed by atoms with Crippen molar-refractivity contribution in [2.45, 2.75) is 45.1 Å². The standard InChI is InChI=1S/C16H21BrClNO/c1-11-4-3-7-16(9-11,10-18)19-15(20)14-8-13(17)6-5-12(14)2/h5-6,8,11H,3-4,7,9-10H2,1-2H3,(H,19,20). The Morgan fingerprint density at radius 2 is 2.30 bits per heavy atom. The summed E-state index contributed by atoms with van der Waals surface area (Å²) in [6, 6.07) is 5.78. The highest BCUT2D eigenvalue weighted by Crippen LogP contribution is 2.33. The summed E-state index contributed by atoms with van der Waals surface area (Å²) in [7, 11) is 0. The van der Waals surface area contributed by atoms with E-state index in [0.717, 1.165) is 34.9 Å². The van der Waals surface area contributed by atoms with Crippen molar-refractivity contribution < 1.29 is 4.79 Å². The average Bonchev–Trinajstić information content (AvgIpc) is 2.41. The molecule has 2 rings (SSSR count). The molecule has 1 aromatic carbocycles. The van der Waals surface area contributed by atoms with E-state index < -0.39 is 0 Å². The molecule has 0 saturated heterocycles. The highest BCUT2D eigenvalue weighted by molar-refractivity contribution is 9.10. The Morgan fingerprint density at radius 3 is 2.95 bits per heavy atom. The van der Waals surface area contributed by atoms with Gasteiger partial charge in [-0.05, 0) is 43.4 Å². The van der Waals surface area contributed by atoms with Crippen molar-refractivity contribution in [2.75, 3.05) is 5.88 Å². The van der Waals surface area contributed by atoms with Gasteiger partial charge in [-0.15, -0.1) is 11.6 Å². The Labute approximate surface area is 134 Å². The Balaban J connectivity index is 2.19. The van der Waals surface area contributed by atoms with E-state index in [9.17, 15) is 4.79 Å². The van der Waals surface area contributed by atoms with Crippen molar-refractivity contribution in [3.63, 3.8) is 0 Å². The second-order valence-electron chi connectivity index (χ2n) is 6.03. The molecule has 0 heterocycles. The van der Waals surface area contributed by atoms with Crippen LogP contribution in [-0.4, -0.2) is 17.3 Å². The smallest absolute Gasteiger partial charge is 0.252 e. The molecule has 1 fully saturated rings.